The van der Waals surface area contributed by atoms with E-state index in [2.05, 4.69) is 5.32 Å². The van der Waals surface area contributed by atoms with Gasteiger partial charge in [0.15, 0.2) is 4.80 Å². The molecule has 3 heterocycles. The number of allylic oxidation sites excluding steroid dienone is 1. The van der Waals surface area contributed by atoms with Crippen molar-refractivity contribution >= 4 is 57.4 Å². The van der Waals surface area contributed by atoms with Crippen LogP contribution in [0.5, 0.6) is 0 Å². The van der Waals surface area contributed by atoms with Gasteiger partial charge in [-0.2, -0.15) is 0 Å². The number of halogens is 1. The van der Waals surface area contributed by atoms with Crippen molar-refractivity contribution < 1.29 is 9.59 Å². The Kier molecular flexibility index (Phi) is 8.56. The summed E-state index contributed by atoms with van der Waals surface area (Å²) in [6, 6.07) is 23.7. The van der Waals surface area contributed by atoms with Crippen LogP contribution in [0.25, 0.3) is 17.0 Å². The van der Waals surface area contributed by atoms with Crippen LogP contribution in [0, 0.1) is 0 Å². The highest BCUT2D eigenvalue weighted by Gasteiger charge is 2.34. The molecule has 3 aromatic carbocycles. The smallest absolute Gasteiger partial charge is 0.271 e. The summed E-state index contributed by atoms with van der Waals surface area (Å²) in [7, 11) is 0. The number of para-hydroxylation sites is 2. The Bertz CT molecular complexity index is 2120. The van der Waals surface area contributed by atoms with Gasteiger partial charge in [-0.1, -0.05) is 71.5 Å². The second kappa shape index (κ2) is 12.7. The van der Waals surface area contributed by atoms with Crippen molar-refractivity contribution in [3.05, 3.63) is 132 Å². The molecule has 0 saturated carbocycles. The number of nitrogens with one attached hydrogen (secondary N) is 1. The number of hydrogen-bond donors (Lipinski definition) is 1. The minimum atomic E-state index is -0.656. The molecule has 0 saturated heterocycles. The number of nitrogens with zero attached hydrogens (tertiary/aromatic N) is 4. The molecule has 0 radical (unpaired) electrons. The van der Waals surface area contributed by atoms with Gasteiger partial charge in [0.05, 0.1) is 21.8 Å². The number of hydrogen-bond acceptors (Lipinski definition) is 5. The second-order valence-corrected chi connectivity index (χ2v) is 12.2. The van der Waals surface area contributed by atoms with Gasteiger partial charge in [-0.3, -0.25) is 19.0 Å². The van der Waals surface area contributed by atoms with Crippen LogP contribution in [-0.4, -0.2) is 38.9 Å². The zero-order valence-electron chi connectivity index (χ0n) is 25.2. The molecule has 228 valence electrons. The number of rotatable bonds is 8. The van der Waals surface area contributed by atoms with Crippen molar-refractivity contribution in [3.8, 4) is 0 Å². The first-order chi connectivity index (χ1) is 21.8. The zero-order valence-corrected chi connectivity index (χ0v) is 26.7. The molecule has 8 nitrogen and oxygen atoms in total. The highest BCUT2D eigenvalue weighted by Crippen LogP contribution is 2.32. The van der Waals surface area contributed by atoms with Crippen LogP contribution < -0.4 is 20.2 Å². The largest absolute Gasteiger partial charge is 0.339 e. The van der Waals surface area contributed by atoms with Crippen LogP contribution in [-0.2, 0) is 16.1 Å². The molecule has 0 bridgehead atoms. The van der Waals surface area contributed by atoms with E-state index in [0.717, 1.165) is 27.7 Å². The Morgan fingerprint density at radius 2 is 1.69 bits per heavy atom. The van der Waals surface area contributed by atoms with Crippen molar-refractivity contribution in [2.45, 2.75) is 33.4 Å². The highest BCUT2D eigenvalue weighted by molar-refractivity contribution is 7.07. The third-order valence-electron chi connectivity index (χ3n) is 7.97. The summed E-state index contributed by atoms with van der Waals surface area (Å²) in [5, 5.41) is 4.42. The quantitative estimate of drug-likeness (QED) is 0.249. The number of carbonyl (C=O) groups is 2. The van der Waals surface area contributed by atoms with Gasteiger partial charge in [-0.25, -0.2) is 4.99 Å². The average molecular weight is 638 g/mol. The molecule has 1 aliphatic heterocycles. The van der Waals surface area contributed by atoms with Crippen LogP contribution in [0.1, 0.15) is 37.9 Å². The molecule has 6 rings (SSSR count). The number of amides is 2. The van der Waals surface area contributed by atoms with Crippen molar-refractivity contribution in [1.82, 2.24) is 14.0 Å². The lowest BCUT2D eigenvalue weighted by atomic mass is 9.94. The summed E-state index contributed by atoms with van der Waals surface area (Å²) in [6.07, 6.45) is 3.74. The Balaban J connectivity index is 1.45. The van der Waals surface area contributed by atoms with E-state index in [9.17, 15) is 14.4 Å². The second-order valence-electron chi connectivity index (χ2n) is 10.8. The van der Waals surface area contributed by atoms with E-state index >= 15 is 0 Å². The molecule has 0 spiro atoms. The third kappa shape index (κ3) is 5.89. The fourth-order valence-corrected chi connectivity index (χ4v) is 6.94. The maximum absolute atomic E-state index is 14.2. The molecule has 10 heteroatoms. The van der Waals surface area contributed by atoms with Crippen molar-refractivity contribution in [3.63, 3.8) is 0 Å². The van der Waals surface area contributed by atoms with E-state index in [4.69, 9.17) is 16.6 Å². The van der Waals surface area contributed by atoms with E-state index in [-0.39, 0.29) is 23.9 Å². The predicted octanol–water partition coefficient (Wildman–Crippen LogP) is 5.35. The molecule has 2 amide bonds. The average Bonchev–Trinajstić information content (AvgIpc) is 3.53. The van der Waals surface area contributed by atoms with Crippen LogP contribution in [0.2, 0.25) is 5.02 Å². The van der Waals surface area contributed by atoms with Crippen molar-refractivity contribution in [2.24, 2.45) is 4.99 Å². The molecule has 0 unspecified atom stereocenters. The molecule has 1 aliphatic rings. The first-order valence-corrected chi connectivity index (χ1v) is 16.0. The fraction of sp³-hybridized carbons (Fsp3) is 0.200. The molecule has 1 N–H and O–H groups in total. The first kappa shape index (κ1) is 30.3. The van der Waals surface area contributed by atoms with E-state index in [1.165, 1.54) is 11.3 Å². The standard InChI is InChI=1S/C35H32ClN5O3S/c1-4-39(5-2)34(44)31-22(3)37-35-41(32(31)23-15-17-25(36)18-16-23)33(43)29(45-35)19-24-20-40(28-14-10-9-13-27(24)28)21-30(42)38-26-11-7-6-8-12-26/h6-20,32H,4-5,21H2,1-3H3,(H,38,42)/b29-19+/t32-/m0/s1. The monoisotopic (exact) mass is 637 g/mol. The van der Waals surface area contributed by atoms with Gasteiger partial charge in [0.25, 0.3) is 11.5 Å². The van der Waals surface area contributed by atoms with Gasteiger partial charge in [-0.15, -0.1) is 0 Å². The lowest BCUT2D eigenvalue weighted by Gasteiger charge is -2.29. The maximum atomic E-state index is 14.2. The number of benzene rings is 3. The fourth-order valence-electron chi connectivity index (χ4n) is 5.78. The van der Waals surface area contributed by atoms with Crippen LogP contribution >= 0.6 is 22.9 Å². The van der Waals surface area contributed by atoms with Crippen molar-refractivity contribution in [1.29, 1.82) is 0 Å². The van der Waals surface area contributed by atoms with Crippen LogP contribution in [0.4, 0.5) is 5.69 Å². The SMILES string of the molecule is CCN(CC)C(=O)C1=C(C)N=c2s/c(=C/c3cn(CC(=O)Nc4ccccc4)c4ccccc34)c(=O)n2[C@H]1c1ccc(Cl)cc1. The lowest BCUT2D eigenvalue weighted by molar-refractivity contribution is -0.127. The summed E-state index contributed by atoms with van der Waals surface area (Å²) in [5.41, 5.74) is 4.00. The Labute approximate surface area is 269 Å². The summed E-state index contributed by atoms with van der Waals surface area (Å²) in [5.74, 6) is -0.302. The molecular weight excluding hydrogens is 606 g/mol. The minimum Gasteiger partial charge on any atom is -0.339 e. The lowest BCUT2D eigenvalue weighted by Crippen LogP contribution is -2.43. The number of thiazole rings is 1. The number of fused-ring (bicyclic) bond motifs is 2. The maximum Gasteiger partial charge on any atom is 0.271 e. The number of likely N-dealkylation sites (N-methyl/N-ethyl adjacent to an activating group) is 1. The molecular formula is C35H32ClN5O3S. The number of aromatic nitrogens is 2. The topological polar surface area (TPSA) is 88.7 Å². The third-order valence-corrected chi connectivity index (χ3v) is 9.20. The van der Waals surface area contributed by atoms with Gasteiger partial charge in [0.2, 0.25) is 5.91 Å². The summed E-state index contributed by atoms with van der Waals surface area (Å²) in [6.45, 7) is 6.88. The zero-order chi connectivity index (χ0) is 31.7. The Morgan fingerprint density at radius 1 is 1.00 bits per heavy atom. The molecule has 0 aliphatic carbocycles. The van der Waals surface area contributed by atoms with Gasteiger partial charge in [0, 0.05) is 46.5 Å². The first-order valence-electron chi connectivity index (χ1n) is 14.8. The van der Waals surface area contributed by atoms with E-state index in [1.54, 1.807) is 21.6 Å². The van der Waals surface area contributed by atoms with Crippen LogP contribution in [0.3, 0.4) is 0 Å². The normalized spacial score (nSPS) is 14.8. The van der Waals surface area contributed by atoms with Gasteiger partial charge < -0.3 is 14.8 Å². The van der Waals surface area contributed by atoms with Gasteiger partial charge in [-0.05, 0) is 62.7 Å². The Morgan fingerprint density at radius 3 is 2.40 bits per heavy atom. The molecule has 5 aromatic rings. The predicted molar refractivity (Wildman–Crippen MR) is 180 cm³/mol. The van der Waals surface area contributed by atoms with E-state index in [0.29, 0.717) is 38.7 Å². The van der Waals surface area contributed by atoms with Gasteiger partial charge >= 0.3 is 0 Å². The number of anilines is 1. The number of carbonyl (C=O) groups excluding carboxylic acids is 2. The van der Waals surface area contributed by atoms with Crippen LogP contribution in [0.15, 0.2) is 106 Å². The molecule has 1 atom stereocenters. The summed E-state index contributed by atoms with van der Waals surface area (Å²) in [4.78, 5) is 48.0. The minimum absolute atomic E-state index is 0.108. The highest BCUT2D eigenvalue weighted by atomic mass is 35.5. The molecule has 45 heavy (non-hydrogen) atoms. The summed E-state index contributed by atoms with van der Waals surface area (Å²) < 4.78 is 3.99. The Hall–Kier alpha value is -4.73. The van der Waals surface area contributed by atoms with Gasteiger partial charge in [0.1, 0.15) is 6.54 Å². The van der Waals surface area contributed by atoms with E-state index < -0.39 is 6.04 Å². The van der Waals surface area contributed by atoms with Crippen molar-refractivity contribution in [2.75, 3.05) is 18.4 Å². The molecule has 2 aromatic heterocycles. The molecule has 0 fully saturated rings. The van der Waals surface area contributed by atoms with E-state index in [1.807, 2.05) is 104 Å². The summed E-state index contributed by atoms with van der Waals surface area (Å²) >= 11 is 7.50.